The smallest absolute Gasteiger partial charge is 0.278 e. The Kier molecular flexibility index (Phi) is 7.21. The van der Waals surface area contributed by atoms with Crippen LogP contribution >= 0.6 is 12.4 Å². The molecule has 2 aromatic rings. The molecule has 0 spiro atoms. The van der Waals surface area contributed by atoms with Crippen molar-refractivity contribution in [3.05, 3.63) is 41.5 Å². The summed E-state index contributed by atoms with van der Waals surface area (Å²) in [5.41, 5.74) is 1.35. The number of benzene rings is 1. The number of halogens is 2. The summed E-state index contributed by atoms with van der Waals surface area (Å²) in [6, 6.07) is 4.47. The van der Waals surface area contributed by atoms with Crippen molar-refractivity contribution in [2.75, 3.05) is 19.6 Å². The Balaban J connectivity index is 0.00000261. The predicted molar refractivity (Wildman–Crippen MR) is 104 cm³/mol. The third kappa shape index (κ3) is 4.59. The monoisotopic (exact) mass is 396 g/mol. The minimum atomic E-state index is -0.334. The standard InChI is InChI=1S/C19H25FN4O2.ClH/c1-3-10-23(15-6-8-21-9-7-15)19(26)18-17(25)12-24(22-18)16-5-4-14(20)11-13(16)2;/h4-5,11-12,15,21,25H,3,6-10H2,1-2H3;1H. The van der Waals surface area contributed by atoms with Gasteiger partial charge in [-0.1, -0.05) is 6.92 Å². The molecule has 27 heavy (non-hydrogen) atoms. The minimum absolute atomic E-state index is 0. The van der Waals surface area contributed by atoms with Crippen molar-refractivity contribution < 1.29 is 14.3 Å². The third-order valence-electron chi connectivity index (χ3n) is 4.78. The van der Waals surface area contributed by atoms with Gasteiger partial charge >= 0.3 is 0 Å². The van der Waals surface area contributed by atoms with Crippen molar-refractivity contribution >= 4 is 18.3 Å². The molecule has 0 radical (unpaired) electrons. The lowest BCUT2D eigenvalue weighted by Crippen LogP contribution is -2.46. The van der Waals surface area contributed by atoms with Gasteiger partial charge in [0.2, 0.25) is 0 Å². The number of aromatic hydroxyl groups is 1. The molecule has 148 valence electrons. The lowest BCUT2D eigenvalue weighted by Gasteiger charge is -2.34. The van der Waals surface area contributed by atoms with E-state index in [1.54, 1.807) is 13.0 Å². The maximum atomic E-state index is 13.3. The molecule has 1 fully saturated rings. The minimum Gasteiger partial charge on any atom is -0.504 e. The highest BCUT2D eigenvalue weighted by molar-refractivity contribution is 5.95. The van der Waals surface area contributed by atoms with Gasteiger partial charge in [0.1, 0.15) is 5.82 Å². The molecule has 6 nitrogen and oxygen atoms in total. The largest absolute Gasteiger partial charge is 0.504 e. The quantitative estimate of drug-likeness (QED) is 0.814. The van der Waals surface area contributed by atoms with E-state index in [4.69, 9.17) is 0 Å². The maximum absolute atomic E-state index is 13.3. The molecule has 1 aromatic heterocycles. The number of carbonyl (C=O) groups is 1. The number of aryl methyl sites for hydroxylation is 1. The molecule has 3 rings (SSSR count). The lowest BCUT2D eigenvalue weighted by atomic mass is 10.0. The molecule has 1 aromatic carbocycles. The van der Waals surface area contributed by atoms with Crippen LogP contribution in [-0.4, -0.2) is 51.4 Å². The van der Waals surface area contributed by atoms with Crippen LogP contribution in [0.4, 0.5) is 4.39 Å². The number of carbonyl (C=O) groups excluding carboxylic acids is 1. The summed E-state index contributed by atoms with van der Waals surface area (Å²) in [5, 5.41) is 17.9. The van der Waals surface area contributed by atoms with E-state index in [-0.39, 0.29) is 41.6 Å². The molecule has 1 aliphatic heterocycles. The highest BCUT2D eigenvalue weighted by Gasteiger charge is 2.29. The second-order valence-corrected chi connectivity index (χ2v) is 6.72. The molecule has 1 saturated heterocycles. The first kappa shape index (κ1) is 21.2. The Hall–Kier alpha value is -2.12. The van der Waals surface area contributed by atoms with Gasteiger partial charge in [0.15, 0.2) is 11.4 Å². The Morgan fingerprint density at radius 3 is 2.74 bits per heavy atom. The zero-order valence-electron chi connectivity index (χ0n) is 15.6. The Bertz CT molecular complexity index is 790. The van der Waals surface area contributed by atoms with Gasteiger partial charge in [-0.2, -0.15) is 5.10 Å². The molecule has 0 unspecified atom stereocenters. The summed E-state index contributed by atoms with van der Waals surface area (Å²) in [6.07, 6.45) is 4.03. The van der Waals surface area contributed by atoms with Gasteiger partial charge in [-0.05, 0) is 63.0 Å². The third-order valence-corrected chi connectivity index (χ3v) is 4.78. The highest BCUT2D eigenvalue weighted by atomic mass is 35.5. The summed E-state index contributed by atoms with van der Waals surface area (Å²) in [7, 11) is 0. The van der Waals surface area contributed by atoms with Crippen LogP contribution in [0.3, 0.4) is 0 Å². The summed E-state index contributed by atoms with van der Waals surface area (Å²) in [5.74, 6) is -0.748. The van der Waals surface area contributed by atoms with Crippen LogP contribution in [0.2, 0.25) is 0 Å². The molecular weight excluding hydrogens is 371 g/mol. The summed E-state index contributed by atoms with van der Waals surface area (Å²) in [6.45, 7) is 6.19. The number of amides is 1. The van der Waals surface area contributed by atoms with Crippen LogP contribution in [0.25, 0.3) is 5.69 Å². The van der Waals surface area contributed by atoms with E-state index >= 15 is 0 Å². The van der Waals surface area contributed by atoms with Crippen LogP contribution in [0.1, 0.15) is 42.2 Å². The Morgan fingerprint density at radius 1 is 1.41 bits per heavy atom. The van der Waals surface area contributed by atoms with Gasteiger partial charge in [-0.25, -0.2) is 9.07 Å². The fourth-order valence-electron chi connectivity index (χ4n) is 3.46. The molecule has 2 N–H and O–H groups in total. The first-order valence-electron chi connectivity index (χ1n) is 9.08. The van der Waals surface area contributed by atoms with Gasteiger partial charge in [-0.15, -0.1) is 12.4 Å². The average molecular weight is 397 g/mol. The second-order valence-electron chi connectivity index (χ2n) is 6.72. The molecule has 0 aliphatic carbocycles. The number of nitrogens with one attached hydrogen (secondary N) is 1. The van der Waals surface area contributed by atoms with Crippen molar-refractivity contribution in [3.63, 3.8) is 0 Å². The van der Waals surface area contributed by atoms with Gasteiger partial charge in [0.05, 0.1) is 11.9 Å². The van der Waals surface area contributed by atoms with Crippen molar-refractivity contribution in [2.24, 2.45) is 0 Å². The molecule has 8 heteroatoms. The SMILES string of the molecule is CCCN(C(=O)c1nn(-c2ccc(F)cc2C)cc1O)C1CCNCC1.Cl. The number of piperidine rings is 1. The normalized spacial score (nSPS) is 14.6. The first-order chi connectivity index (χ1) is 12.5. The fourth-order valence-corrected chi connectivity index (χ4v) is 3.46. The molecule has 0 saturated carbocycles. The Morgan fingerprint density at radius 2 is 2.11 bits per heavy atom. The predicted octanol–water partition coefficient (Wildman–Crippen LogP) is 3.05. The van der Waals surface area contributed by atoms with Crippen molar-refractivity contribution in [3.8, 4) is 11.4 Å². The van der Waals surface area contributed by atoms with Gasteiger partial charge in [0, 0.05) is 12.6 Å². The van der Waals surface area contributed by atoms with Crippen LogP contribution in [0, 0.1) is 12.7 Å². The number of hydrogen-bond acceptors (Lipinski definition) is 4. The van der Waals surface area contributed by atoms with Gasteiger partial charge < -0.3 is 15.3 Å². The van der Waals surface area contributed by atoms with Crippen molar-refractivity contribution in [1.29, 1.82) is 0 Å². The molecule has 1 aliphatic rings. The van der Waals surface area contributed by atoms with Crippen LogP contribution < -0.4 is 5.32 Å². The van der Waals surface area contributed by atoms with E-state index in [0.29, 0.717) is 17.8 Å². The van der Waals surface area contributed by atoms with E-state index in [1.807, 2.05) is 11.8 Å². The van der Waals surface area contributed by atoms with E-state index in [1.165, 1.54) is 23.0 Å². The highest BCUT2D eigenvalue weighted by Crippen LogP contribution is 2.24. The lowest BCUT2D eigenvalue weighted by molar-refractivity contribution is 0.0633. The summed E-state index contributed by atoms with van der Waals surface area (Å²) >= 11 is 0. The number of hydrogen-bond donors (Lipinski definition) is 2. The molecule has 0 bridgehead atoms. The summed E-state index contributed by atoms with van der Waals surface area (Å²) in [4.78, 5) is 14.9. The Labute approximate surface area is 164 Å². The molecule has 2 heterocycles. The van der Waals surface area contributed by atoms with E-state index in [9.17, 15) is 14.3 Å². The topological polar surface area (TPSA) is 70.4 Å². The first-order valence-corrected chi connectivity index (χ1v) is 9.08. The van der Waals surface area contributed by atoms with Crippen LogP contribution in [0.5, 0.6) is 5.75 Å². The van der Waals surface area contributed by atoms with Crippen LogP contribution in [0.15, 0.2) is 24.4 Å². The van der Waals surface area contributed by atoms with Crippen molar-refractivity contribution in [1.82, 2.24) is 20.0 Å². The summed E-state index contributed by atoms with van der Waals surface area (Å²) < 4.78 is 14.8. The zero-order valence-corrected chi connectivity index (χ0v) is 16.4. The van der Waals surface area contributed by atoms with E-state index in [2.05, 4.69) is 10.4 Å². The number of rotatable bonds is 5. The van der Waals surface area contributed by atoms with Gasteiger partial charge in [-0.3, -0.25) is 4.79 Å². The van der Waals surface area contributed by atoms with E-state index in [0.717, 1.165) is 32.4 Å². The van der Waals surface area contributed by atoms with Gasteiger partial charge in [0.25, 0.3) is 5.91 Å². The fraction of sp³-hybridized carbons (Fsp3) is 0.474. The van der Waals surface area contributed by atoms with E-state index < -0.39 is 0 Å². The number of aromatic nitrogens is 2. The van der Waals surface area contributed by atoms with Crippen LogP contribution in [-0.2, 0) is 0 Å². The molecular formula is C19H26ClFN4O2. The van der Waals surface area contributed by atoms with Crippen molar-refractivity contribution in [2.45, 2.75) is 39.2 Å². The second kappa shape index (κ2) is 9.19. The number of nitrogens with zero attached hydrogens (tertiary/aromatic N) is 3. The molecule has 0 atom stereocenters. The zero-order chi connectivity index (χ0) is 18.7. The average Bonchev–Trinajstić information content (AvgIpc) is 3.01. The molecule has 1 amide bonds. The maximum Gasteiger partial charge on any atom is 0.278 e.